The lowest BCUT2D eigenvalue weighted by Crippen LogP contribution is -2.31. The van der Waals surface area contributed by atoms with Gasteiger partial charge in [0.2, 0.25) is 5.91 Å². The zero-order valence-corrected chi connectivity index (χ0v) is 12.7. The summed E-state index contributed by atoms with van der Waals surface area (Å²) >= 11 is 3.42. The maximum atomic E-state index is 12.3. The summed E-state index contributed by atoms with van der Waals surface area (Å²) in [7, 11) is 0. The highest BCUT2D eigenvalue weighted by Gasteiger charge is 2.34. The van der Waals surface area contributed by atoms with Gasteiger partial charge in [0, 0.05) is 10.0 Å². The van der Waals surface area contributed by atoms with Gasteiger partial charge in [0.05, 0.1) is 23.9 Å². The van der Waals surface area contributed by atoms with Crippen molar-refractivity contribution < 1.29 is 4.79 Å². The number of hydrogen-bond acceptors (Lipinski definition) is 3. The number of carbonyl (C=O) groups excluding carboxylic acids is 1. The molecule has 1 amide bonds. The van der Waals surface area contributed by atoms with Crippen molar-refractivity contribution in [1.29, 1.82) is 5.26 Å². The minimum Gasteiger partial charge on any atom is -0.316 e. The van der Waals surface area contributed by atoms with E-state index < -0.39 is 6.04 Å². The molecule has 0 aliphatic carbocycles. The number of amides is 1. The predicted octanol–water partition coefficient (Wildman–Crippen LogP) is 2.87. The van der Waals surface area contributed by atoms with Crippen LogP contribution >= 0.6 is 15.9 Å². The molecule has 0 fully saturated rings. The van der Waals surface area contributed by atoms with Crippen LogP contribution in [0.15, 0.2) is 46.9 Å². The second-order valence-corrected chi connectivity index (χ2v) is 5.83. The Bertz CT molecular complexity index is 749. The molecule has 3 rings (SSSR count). The van der Waals surface area contributed by atoms with Crippen molar-refractivity contribution in [3.8, 4) is 6.07 Å². The van der Waals surface area contributed by atoms with Gasteiger partial charge in [-0.25, -0.2) is 0 Å². The second-order valence-electron chi connectivity index (χ2n) is 4.91. The Labute approximate surface area is 130 Å². The number of nitrogens with zero attached hydrogens (tertiary/aromatic N) is 2. The van der Waals surface area contributed by atoms with Gasteiger partial charge in [-0.15, -0.1) is 0 Å². The van der Waals surface area contributed by atoms with Crippen molar-refractivity contribution in [3.05, 3.63) is 63.6 Å². The number of hydrogen-bond donors (Lipinski definition) is 1. The van der Waals surface area contributed by atoms with E-state index in [1.807, 2.05) is 30.3 Å². The lowest BCUT2D eigenvalue weighted by atomic mass is 10.1. The van der Waals surface area contributed by atoms with Crippen molar-refractivity contribution in [2.45, 2.75) is 12.6 Å². The number of fused-ring (bicyclic) bond motifs is 1. The van der Waals surface area contributed by atoms with Gasteiger partial charge in [-0.3, -0.25) is 4.79 Å². The Morgan fingerprint density at radius 1 is 1.24 bits per heavy atom. The smallest absolute Gasteiger partial charge is 0.248 e. The summed E-state index contributed by atoms with van der Waals surface area (Å²) in [5.41, 5.74) is 9.23. The van der Waals surface area contributed by atoms with Crippen LogP contribution in [0, 0.1) is 11.3 Å². The molecule has 0 saturated heterocycles. The van der Waals surface area contributed by atoms with E-state index in [-0.39, 0.29) is 5.91 Å². The summed E-state index contributed by atoms with van der Waals surface area (Å²) in [6, 6.07) is 14.3. The molecule has 0 spiro atoms. The molecule has 0 radical (unpaired) electrons. The molecular weight excluding hydrogens is 330 g/mol. The van der Waals surface area contributed by atoms with Crippen molar-refractivity contribution in [2.75, 3.05) is 4.90 Å². The number of benzene rings is 2. The molecule has 1 unspecified atom stereocenters. The molecule has 5 heteroatoms. The summed E-state index contributed by atoms with van der Waals surface area (Å²) in [4.78, 5) is 14.0. The van der Waals surface area contributed by atoms with Gasteiger partial charge < -0.3 is 10.6 Å². The third-order valence-electron chi connectivity index (χ3n) is 3.57. The molecule has 104 valence electrons. The first-order valence-electron chi connectivity index (χ1n) is 6.45. The van der Waals surface area contributed by atoms with Crippen LogP contribution in [0.25, 0.3) is 0 Å². The van der Waals surface area contributed by atoms with Gasteiger partial charge in [0.1, 0.15) is 6.04 Å². The number of halogens is 1. The van der Waals surface area contributed by atoms with E-state index in [2.05, 4.69) is 22.0 Å². The van der Waals surface area contributed by atoms with E-state index in [4.69, 9.17) is 11.0 Å². The Morgan fingerprint density at radius 3 is 2.62 bits per heavy atom. The third-order valence-corrected chi connectivity index (χ3v) is 4.07. The third kappa shape index (κ3) is 2.44. The van der Waals surface area contributed by atoms with Crippen molar-refractivity contribution in [3.63, 3.8) is 0 Å². The Kier molecular flexibility index (Phi) is 3.50. The minimum atomic E-state index is -0.605. The molecule has 1 heterocycles. The van der Waals surface area contributed by atoms with Crippen molar-refractivity contribution in [1.82, 2.24) is 0 Å². The monoisotopic (exact) mass is 341 g/mol. The second kappa shape index (κ2) is 5.32. The van der Waals surface area contributed by atoms with Crippen LogP contribution < -0.4 is 10.6 Å². The van der Waals surface area contributed by atoms with Crippen LogP contribution in [0.3, 0.4) is 0 Å². The largest absolute Gasteiger partial charge is 0.316 e. The molecule has 1 aliphatic rings. The van der Waals surface area contributed by atoms with Gasteiger partial charge >= 0.3 is 0 Å². The van der Waals surface area contributed by atoms with Crippen LogP contribution in [0.4, 0.5) is 5.69 Å². The van der Waals surface area contributed by atoms with E-state index in [1.54, 1.807) is 17.0 Å². The highest BCUT2D eigenvalue weighted by atomic mass is 79.9. The summed E-state index contributed by atoms with van der Waals surface area (Å²) in [6.45, 7) is 0.446. The Hall–Kier alpha value is -2.16. The molecular formula is C16H12BrN3O. The number of nitriles is 1. The molecule has 0 saturated carbocycles. The number of carbonyl (C=O) groups is 1. The van der Waals surface area contributed by atoms with E-state index >= 15 is 0 Å². The van der Waals surface area contributed by atoms with Crippen LogP contribution in [0.2, 0.25) is 0 Å². The van der Waals surface area contributed by atoms with Crippen LogP contribution in [0.5, 0.6) is 0 Å². The van der Waals surface area contributed by atoms with Crippen LogP contribution in [-0.2, 0) is 11.3 Å². The zero-order valence-electron chi connectivity index (χ0n) is 11.1. The quantitative estimate of drug-likeness (QED) is 0.912. The first-order chi connectivity index (χ1) is 10.1. The number of nitrogens with two attached hydrogens (primary N) is 1. The highest BCUT2D eigenvalue weighted by molar-refractivity contribution is 9.10. The zero-order chi connectivity index (χ0) is 15.0. The van der Waals surface area contributed by atoms with Gasteiger partial charge in [-0.1, -0.05) is 34.1 Å². The molecule has 0 bridgehead atoms. The predicted molar refractivity (Wildman–Crippen MR) is 83.4 cm³/mol. The van der Waals surface area contributed by atoms with E-state index in [1.165, 1.54) is 0 Å². The van der Waals surface area contributed by atoms with E-state index in [0.29, 0.717) is 12.1 Å². The molecule has 2 aromatic rings. The number of anilines is 1. The fourth-order valence-electron chi connectivity index (χ4n) is 2.46. The van der Waals surface area contributed by atoms with Gasteiger partial charge in [-0.05, 0) is 29.8 Å². The molecule has 1 aliphatic heterocycles. The first kappa shape index (κ1) is 13.8. The molecule has 2 N–H and O–H groups in total. The summed E-state index contributed by atoms with van der Waals surface area (Å²) < 4.78 is 0.910. The molecule has 0 aromatic heterocycles. The molecule has 1 atom stereocenters. The molecule has 21 heavy (non-hydrogen) atoms. The average Bonchev–Trinajstić information content (AvgIpc) is 2.73. The minimum absolute atomic E-state index is 0.104. The summed E-state index contributed by atoms with van der Waals surface area (Å²) in [6.07, 6.45) is 0. The van der Waals surface area contributed by atoms with E-state index in [0.717, 1.165) is 21.3 Å². The van der Waals surface area contributed by atoms with E-state index in [9.17, 15) is 4.79 Å². The van der Waals surface area contributed by atoms with Crippen molar-refractivity contribution >= 4 is 27.5 Å². The SMILES string of the molecule is N#Cc1ccc(CN2C(=O)C(N)c3ccc(Br)cc32)cc1. The highest BCUT2D eigenvalue weighted by Crippen LogP contribution is 2.37. The maximum Gasteiger partial charge on any atom is 0.248 e. The summed E-state index contributed by atoms with van der Waals surface area (Å²) in [5.74, 6) is -0.104. The fraction of sp³-hybridized carbons (Fsp3) is 0.125. The normalized spacial score (nSPS) is 16.7. The van der Waals surface area contributed by atoms with Gasteiger partial charge in [-0.2, -0.15) is 5.26 Å². The lowest BCUT2D eigenvalue weighted by molar-refractivity contribution is -0.119. The van der Waals surface area contributed by atoms with Gasteiger partial charge in [0.15, 0.2) is 0 Å². The maximum absolute atomic E-state index is 12.3. The average molecular weight is 342 g/mol. The first-order valence-corrected chi connectivity index (χ1v) is 7.25. The van der Waals surface area contributed by atoms with Crippen LogP contribution in [0.1, 0.15) is 22.7 Å². The Balaban J connectivity index is 1.94. The molecule has 2 aromatic carbocycles. The molecule has 4 nitrogen and oxygen atoms in total. The van der Waals surface area contributed by atoms with Crippen LogP contribution in [-0.4, -0.2) is 5.91 Å². The summed E-state index contributed by atoms with van der Waals surface area (Å²) in [5, 5.41) is 8.81. The Morgan fingerprint density at radius 2 is 1.95 bits per heavy atom. The van der Waals surface area contributed by atoms with Crippen molar-refractivity contribution in [2.24, 2.45) is 5.73 Å². The topological polar surface area (TPSA) is 70.1 Å². The number of rotatable bonds is 2. The fourth-order valence-corrected chi connectivity index (χ4v) is 2.81. The van der Waals surface area contributed by atoms with Gasteiger partial charge in [0.25, 0.3) is 0 Å². The lowest BCUT2D eigenvalue weighted by Gasteiger charge is -2.18. The standard InChI is InChI=1S/C16H12BrN3O/c17-12-5-6-13-14(7-12)20(16(21)15(13)19)9-11-3-1-10(8-18)2-4-11/h1-7,15H,9,19H2.